The molecule has 2 heteroatoms. The molecule has 1 aliphatic rings. The first-order chi connectivity index (χ1) is 9.08. The van der Waals surface area contributed by atoms with Gasteiger partial charge in [0.15, 0.2) is 0 Å². The van der Waals surface area contributed by atoms with Gasteiger partial charge in [0.25, 0.3) is 0 Å². The molecule has 1 aromatic carbocycles. The van der Waals surface area contributed by atoms with E-state index < -0.39 is 0 Å². The van der Waals surface area contributed by atoms with Crippen molar-refractivity contribution in [2.75, 3.05) is 0 Å². The summed E-state index contributed by atoms with van der Waals surface area (Å²) in [6.07, 6.45) is 5.31. The minimum atomic E-state index is -0.159. The minimum Gasteiger partial charge on any atom is -0.307 e. The van der Waals surface area contributed by atoms with Crippen molar-refractivity contribution in [1.82, 2.24) is 5.32 Å². The van der Waals surface area contributed by atoms with Crippen molar-refractivity contribution < 1.29 is 4.39 Å². The van der Waals surface area contributed by atoms with E-state index in [9.17, 15) is 4.39 Å². The molecule has 1 aliphatic carbocycles. The molecule has 0 saturated heterocycles. The highest BCUT2D eigenvalue weighted by molar-refractivity contribution is 5.19. The van der Waals surface area contributed by atoms with E-state index in [-0.39, 0.29) is 5.82 Å². The third kappa shape index (κ3) is 3.79. The Bertz CT molecular complexity index is 385. The second kappa shape index (κ2) is 6.51. The lowest BCUT2D eigenvalue weighted by atomic mass is 9.77. The highest BCUT2D eigenvalue weighted by Gasteiger charge is 2.28. The Morgan fingerprint density at radius 2 is 1.68 bits per heavy atom. The first-order valence-corrected chi connectivity index (χ1v) is 7.59. The number of nitrogens with one attached hydrogen (secondary N) is 1. The summed E-state index contributed by atoms with van der Waals surface area (Å²) >= 11 is 0. The number of hydrogen-bond donors (Lipinski definition) is 1. The summed E-state index contributed by atoms with van der Waals surface area (Å²) in [6.45, 7) is 6.83. The van der Waals surface area contributed by atoms with Gasteiger partial charge in [-0.3, -0.25) is 0 Å². The summed E-state index contributed by atoms with van der Waals surface area (Å²) in [5.41, 5.74) is 1.18. The van der Waals surface area contributed by atoms with Crippen LogP contribution < -0.4 is 5.32 Å². The topological polar surface area (TPSA) is 12.0 Å². The maximum atomic E-state index is 13.0. The fourth-order valence-corrected chi connectivity index (χ4v) is 3.33. The Hall–Kier alpha value is -0.890. The van der Waals surface area contributed by atoms with E-state index in [2.05, 4.69) is 26.1 Å². The van der Waals surface area contributed by atoms with Crippen LogP contribution in [-0.2, 0) is 0 Å². The van der Waals surface area contributed by atoms with Crippen LogP contribution in [0.3, 0.4) is 0 Å². The van der Waals surface area contributed by atoms with Gasteiger partial charge >= 0.3 is 0 Å². The summed E-state index contributed by atoms with van der Waals surface area (Å²) in [5, 5.41) is 3.76. The Labute approximate surface area is 116 Å². The van der Waals surface area contributed by atoms with Gasteiger partial charge < -0.3 is 5.32 Å². The van der Waals surface area contributed by atoms with Gasteiger partial charge in [0.2, 0.25) is 0 Å². The van der Waals surface area contributed by atoms with Gasteiger partial charge in [-0.05, 0) is 49.3 Å². The second-order valence-electron chi connectivity index (χ2n) is 6.24. The van der Waals surface area contributed by atoms with Crippen molar-refractivity contribution in [1.29, 1.82) is 0 Å². The minimum absolute atomic E-state index is 0.159. The maximum Gasteiger partial charge on any atom is 0.123 e. The zero-order chi connectivity index (χ0) is 13.8. The molecule has 106 valence electrons. The second-order valence-corrected chi connectivity index (χ2v) is 6.24. The zero-order valence-electron chi connectivity index (χ0n) is 12.3. The maximum absolute atomic E-state index is 13.0. The van der Waals surface area contributed by atoms with Gasteiger partial charge in [-0.2, -0.15) is 0 Å². The standard InChI is InChI=1S/C17H26FN/c1-12(2)16-6-4-5-7-17(16)19-13(3)14-8-10-15(18)11-9-14/h8-13,16-17,19H,4-7H2,1-3H3. The molecule has 1 nitrogen and oxygen atoms in total. The first kappa shape index (κ1) is 14.5. The normalized spacial score (nSPS) is 25.5. The van der Waals surface area contributed by atoms with Gasteiger partial charge in [-0.1, -0.05) is 38.8 Å². The molecule has 2 rings (SSSR count). The third-order valence-electron chi connectivity index (χ3n) is 4.51. The Morgan fingerprint density at radius 3 is 2.32 bits per heavy atom. The van der Waals surface area contributed by atoms with Gasteiger partial charge in [0, 0.05) is 12.1 Å². The summed E-state index contributed by atoms with van der Waals surface area (Å²) in [6, 6.07) is 7.78. The Balaban J connectivity index is 2.00. The molecule has 0 radical (unpaired) electrons. The molecule has 1 fully saturated rings. The van der Waals surface area contributed by atoms with E-state index >= 15 is 0 Å². The average molecular weight is 263 g/mol. The Kier molecular flexibility index (Phi) is 4.98. The van der Waals surface area contributed by atoms with Crippen LogP contribution >= 0.6 is 0 Å². The SMILES string of the molecule is CC(NC1CCCCC1C(C)C)c1ccc(F)cc1. The molecule has 0 amide bonds. The highest BCUT2D eigenvalue weighted by Crippen LogP contribution is 2.31. The molecule has 3 atom stereocenters. The average Bonchev–Trinajstić information content (AvgIpc) is 2.39. The molecule has 3 unspecified atom stereocenters. The van der Waals surface area contributed by atoms with Gasteiger partial charge in [0.05, 0.1) is 0 Å². The summed E-state index contributed by atoms with van der Waals surface area (Å²) in [7, 11) is 0. The van der Waals surface area contributed by atoms with Crippen LogP contribution in [0.5, 0.6) is 0 Å². The van der Waals surface area contributed by atoms with Gasteiger partial charge in [-0.15, -0.1) is 0 Å². The molecule has 1 N–H and O–H groups in total. The van der Waals surface area contributed by atoms with Crippen LogP contribution in [-0.4, -0.2) is 6.04 Å². The summed E-state index contributed by atoms with van der Waals surface area (Å²) in [5.74, 6) is 1.35. The molecule has 0 aromatic heterocycles. The lowest BCUT2D eigenvalue weighted by molar-refractivity contribution is 0.195. The molecular formula is C17H26FN. The van der Waals surface area contributed by atoms with E-state index in [1.165, 1.54) is 31.2 Å². The molecule has 0 aliphatic heterocycles. The van der Waals surface area contributed by atoms with Crippen LogP contribution in [0, 0.1) is 17.7 Å². The van der Waals surface area contributed by atoms with E-state index in [1.807, 2.05) is 12.1 Å². The van der Waals surface area contributed by atoms with Crippen molar-refractivity contribution in [3.8, 4) is 0 Å². The van der Waals surface area contributed by atoms with Gasteiger partial charge in [-0.25, -0.2) is 4.39 Å². The smallest absolute Gasteiger partial charge is 0.123 e. The lowest BCUT2D eigenvalue weighted by Gasteiger charge is -2.37. The first-order valence-electron chi connectivity index (χ1n) is 7.59. The quantitative estimate of drug-likeness (QED) is 0.831. The fraction of sp³-hybridized carbons (Fsp3) is 0.647. The van der Waals surface area contributed by atoms with E-state index in [0.717, 1.165) is 11.8 Å². The molecule has 0 bridgehead atoms. The monoisotopic (exact) mass is 263 g/mol. The van der Waals surface area contributed by atoms with Crippen LogP contribution in [0.1, 0.15) is 58.1 Å². The number of rotatable bonds is 4. The number of benzene rings is 1. The largest absolute Gasteiger partial charge is 0.307 e. The van der Waals surface area contributed by atoms with Crippen LogP contribution in [0.25, 0.3) is 0 Å². The van der Waals surface area contributed by atoms with Crippen molar-refractivity contribution >= 4 is 0 Å². The van der Waals surface area contributed by atoms with Crippen LogP contribution in [0.15, 0.2) is 24.3 Å². The third-order valence-corrected chi connectivity index (χ3v) is 4.51. The predicted molar refractivity (Wildman–Crippen MR) is 78.5 cm³/mol. The molecule has 0 spiro atoms. The van der Waals surface area contributed by atoms with E-state index in [4.69, 9.17) is 0 Å². The van der Waals surface area contributed by atoms with Crippen molar-refractivity contribution in [3.63, 3.8) is 0 Å². The molecule has 19 heavy (non-hydrogen) atoms. The lowest BCUT2D eigenvalue weighted by Crippen LogP contribution is -2.42. The van der Waals surface area contributed by atoms with Crippen molar-refractivity contribution in [2.45, 2.75) is 58.5 Å². The van der Waals surface area contributed by atoms with E-state index in [0.29, 0.717) is 12.1 Å². The molecule has 1 aromatic rings. The molecule has 0 heterocycles. The van der Waals surface area contributed by atoms with Crippen LogP contribution in [0.2, 0.25) is 0 Å². The highest BCUT2D eigenvalue weighted by atomic mass is 19.1. The molecule has 1 saturated carbocycles. The van der Waals surface area contributed by atoms with Crippen molar-refractivity contribution in [3.05, 3.63) is 35.6 Å². The fourth-order valence-electron chi connectivity index (χ4n) is 3.33. The number of halogens is 1. The summed E-state index contributed by atoms with van der Waals surface area (Å²) in [4.78, 5) is 0. The predicted octanol–water partition coefficient (Wildman–Crippen LogP) is 4.69. The van der Waals surface area contributed by atoms with Crippen molar-refractivity contribution in [2.24, 2.45) is 11.8 Å². The zero-order valence-corrected chi connectivity index (χ0v) is 12.3. The van der Waals surface area contributed by atoms with E-state index in [1.54, 1.807) is 12.1 Å². The molecular weight excluding hydrogens is 237 g/mol. The van der Waals surface area contributed by atoms with Gasteiger partial charge in [0.1, 0.15) is 5.82 Å². The summed E-state index contributed by atoms with van der Waals surface area (Å²) < 4.78 is 13.0. The Morgan fingerprint density at radius 1 is 1.05 bits per heavy atom. The van der Waals surface area contributed by atoms with Crippen LogP contribution in [0.4, 0.5) is 4.39 Å². The number of hydrogen-bond acceptors (Lipinski definition) is 1.